The molecular formula is C11H19N3O2S. The van der Waals surface area contributed by atoms with Crippen LogP contribution >= 0.6 is 0 Å². The number of nitrogens with zero attached hydrogens (tertiary/aromatic N) is 1. The summed E-state index contributed by atoms with van der Waals surface area (Å²) in [6.45, 7) is 2.12. The molecule has 0 amide bonds. The first-order chi connectivity index (χ1) is 8.13. The zero-order valence-electron chi connectivity index (χ0n) is 10.0. The molecule has 0 saturated heterocycles. The van der Waals surface area contributed by atoms with E-state index in [2.05, 4.69) is 21.8 Å². The molecule has 0 aliphatic heterocycles. The molecule has 1 aliphatic rings. The third-order valence-corrected chi connectivity index (χ3v) is 4.92. The molecule has 1 fully saturated rings. The number of H-pyrrole nitrogens is 1. The highest BCUT2D eigenvalue weighted by atomic mass is 32.2. The van der Waals surface area contributed by atoms with Crippen LogP contribution in [-0.4, -0.2) is 24.7 Å². The van der Waals surface area contributed by atoms with Crippen molar-refractivity contribution < 1.29 is 8.42 Å². The molecule has 0 radical (unpaired) electrons. The van der Waals surface area contributed by atoms with E-state index in [9.17, 15) is 8.42 Å². The molecule has 0 bridgehead atoms. The fraction of sp³-hybridized carbons (Fsp3) is 0.727. The van der Waals surface area contributed by atoms with Crippen LogP contribution in [0.25, 0.3) is 0 Å². The van der Waals surface area contributed by atoms with Gasteiger partial charge >= 0.3 is 0 Å². The summed E-state index contributed by atoms with van der Waals surface area (Å²) >= 11 is 0. The van der Waals surface area contributed by atoms with Gasteiger partial charge in [-0.25, -0.2) is 13.1 Å². The van der Waals surface area contributed by atoms with Crippen LogP contribution in [0.3, 0.4) is 0 Å². The molecule has 17 heavy (non-hydrogen) atoms. The molecule has 1 aliphatic carbocycles. The third-order valence-electron chi connectivity index (χ3n) is 3.50. The summed E-state index contributed by atoms with van der Waals surface area (Å²) in [5, 5.41) is 6.33. The van der Waals surface area contributed by atoms with Gasteiger partial charge in [-0.15, -0.1) is 0 Å². The van der Waals surface area contributed by atoms with Gasteiger partial charge in [-0.2, -0.15) is 5.10 Å². The standard InChI is InChI=1S/C11H19N3O2S/c1-2-9-5-3-4-6-10(9)14-17(15,16)11-7-8-12-13-11/h7-10,14H,2-6H2,1H3,(H,12,13). The van der Waals surface area contributed by atoms with Gasteiger partial charge in [0.2, 0.25) is 0 Å². The summed E-state index contributed by atoms with van der Waals surface area (Å²) in [5.74, 6) is 0.460. The number of rotatable bonds is 4. The first-order valence-electron chi connectivity index (χ1n) is 6.15. The summed E-state index contributed by atoms with van der Waals surface area (Å²) in [5.41, 5.74) is 0. The van der Waals surface area contributed by atoms with Crippen molar-refractivity contribution in [3.05, 3.63) is 12.3 Å². The molecule has 1 aromatic heterocycles. The van der Waals surface area contributed by atoms with Gasteiger partial charge in [-0.1, -0.05) is 26.2 Å². The SMILES string of the molecule is CCC1CCCCC1NS(=O)(=O)c1ccn[nH]1. The van der Waals surface area contributed by atoms with Gasteiger partial charge in [0.1, 0.15) is 0 Å². The lowest BCUT2D eigenvalue weighted by Crippen LogP contribution is -2.41. The van der Waals surface area contributed by atoms with Crippen molar-refractivity contribution in [1.82, 2.24) is 14.9 Å². The quantitative estimate of drug-likeness (QED) is 0.861. The average molecular weight is 257 g/mol. The fourth-order valence-corrected chi connectivity index (χ4v) is 3.76. The maximum absolute atomic E-state index is 12.0. The molecule has 2 atom stereocenters. The zero-order valence-corrected chi connectivity index (χ0v) is 10.8. The minimum Gasteiger partial charge on any atom is -0.266 e. The fourth-order valence-electron chi connectivity index (χ4n) is 2.51. The van der Waals surface area contributed by atoms with Gasteiger partial charge in [0, 0.05) is 6.04 Å². The smallest absolute Gasteiger partial charge is 0.257 e. The van der Waals surface area contributed by atoms with E-state index in [4.69, 9.17) is 0 Å². The minimum atomic E-state index is -3.43. The van der Waals surface area contributed by atoms with Crippen LogP contribution in [0.15, 0.2) is 17.3 Å². The van der Waals surface area contributed by atoms with Crippen LogP contribution in [0.5, 0.6) is 0 Å². The summed E-state index contributed by atoms with van der Waals surface area (Å²) in [6.07, 6.45) is 6.84. The Hall–Kier alpha value is -0.880. The highest BCUT2D eigenvalue weighted by Gasteiger charge is 2.28. The van der Waals surface area contributed by atoms with Crippen molar-refractivity contribution in [1.29, 1.82) is 0 Å². The molecule has 1 aromatic rings. The van der Waals surface area contributed by atoms with Crippen molar-refractivity contribution in [2.24, 2.45) is 5.92 Å². The second-order valence-corrected chi connectivity index (χ2v) is 6.28. The topological polar surface area (TPSA) is 74.8 Å². The third kappa shape index (κ3) is 2.87. The minimum absolute atomic E-state index is 0.0713. The Morgan fingerprint density at radius 2 is 2.24 bits per heavy atom. The Labute approximate surface area is 102 Å². The van der Waals surface area contributed by atoms with Crippen LogP contribution in [0.4, 0.5) is 0 Å². The van der Waals surface area contributed by atoms with Crippen molar-refractivity contribution in [3.8, 4) is 0 Å². The maximum Gasteiger partial charge on any atom is 0.257 e. The summed E-state index contributed by atoms with van der Waals surface area (Å²) in [7, 11) is -3.43. The lowest BCUT2D eigenvalue weighted by Gasteiger charge is -2.30. The van der Waals surface area contributed by atoms with E-state index in [0.717, 1.165) is 25.7 Å². The monoisotopic (exact) mass is 257 g/mol. The Bertz CT molecular complexity index is 441. The Balaban J connectivity index is 2.09. The predicted octanol–water partition coefficient (Wildman–Crippen LogP) is 1.66. The number of hydrogen-bond donors (Lipinski definition) is 2. The second kappa shape index (κ2) is 5.18. The molecule has 0 aromatic carbocycles. The van der Waals surface area contributed by atoms with E-state index in [-0.39, 0.29) is 11.1 Å². The first kappa shape index (κ1) is 12.6. The Morgan fingerprint density at radius 3 is 2.88 bits per heavy atom. The maximum atomic E-state index is 12.0. The van der Waals surface area contributed by atoms with Crippen molar-refractivity contribution in [2.75, 3.05) is 0 Å². The van der Waals surface area contributed by atoms with Crippen molar-refractivity contribution in [2.45, 2.75) is 50.1 Å². The van der Waals surface area contributed by atoms with E-state index >= 15 is 0 Å². The van der Waals surface area contributed by atoms with Crippen LogP contribution in [0.1, 0.15) is 39.0 Å². The summed E-state index contributed by atoms with van der Waals surface area (Å²) in [6, 6.07) is 1.55. The Morgan fingerprint density at radius 1 is 1.47 bits per heavy atom. The molecule has 5 nitrogen and oxygen atoms in total. The second-order valence-electron chi connectivity index (χ2n) is 4.60. The van der Waals surface area contributed by atoms with Gasteiger partial charge in [-0.05, 0) is 24.8 Å². The van der Waals surface area contributed by atoms with Crippen molar-refractivity contribution >= 4 is 10.0 Å². The number of aromatic nitrogens is 2. The number of nitrogens with one attached hydrogen (secondary N) is 2. The van der Waals surface area contributed by atoms with E-state index in [1.54, 1.807) is 0 Å². The lowest BCUT2D eigenvalue weighted by atomic mass is 9.83. The highest BCUT2D eigenvalue weighted by Crippen LogP contribution is 2.27. The largest absolute Gasteiger partial charge is 0.266 e. The highest BCUT2D eigenvalue weighted by molar-refractivity contribution is 7.89. The predicted molar refractivity (Wildman–Crippen MR) is 64.9 cm³/mol. The molecular weight excluding hydrogens is 238 g/mol. The van der Waals surface area contributed by atoms with Gasteiger partial charge in [-0.3, -0.25) is 5.10 Å². The molecule has 2 unspecified atom stereocenters. The average Bonchev–Trinajstić information content (AvgIpc) is 2.83. The van der Waals surface area contributed by atoms with Gasteiger partial charge in [0.15, 0.2) is 5.03 Å². The van der Waals surface area contributed by atoms with Gasteiger partial charge in [0.05, 0.1) is 6.20 Å². The zero-order chi connectivity index (χ0) is 12.3. The van der Waals surface area contributed by atoms with E-state index < -0.39 is 10.0 Å². The summed E-state index contributed by atoms with van der Waals surface area (Å²) in [4.78, 5) is 0. The van der Waals surface area contributed by atoms with Gasteiger partial charge in [0.25, 0.3) is 10.0 Å². The lowest BCUT2D eigenvalue weighted by molar-refractivity contribution is 0.282. The van der Waals surface area contributed by atoms with Crippen LogP contribution in [0.2, 0.25) is 0 Å². The van der Waals surface area contributed by atoms with Crippen LogP contribution in [-0.2, 0) is 10.0 Å². The molecule has 96 valence electrons. The summed E-state index contributed by atoms with van der Waals surface area (Å²) < 4.78 is 26.9. The number of hydrogen-bond acceptors (Lipinski definition) is 3. The first-order valence-corrected chi connectivity index (χ1v) is 7.63. The normalized spacial score (nSPS) is 25.9. The molecule has 2 rings (SSSR count). The van der Waals surface area contributed by atoms with Crippen LogP contribution in [0, 0.1) is 5.92 Å². The molecule has 2 N–H and O–H groups in total. The number of aromatic amines is 1. The van der Waals surface area contributed by atoms with Gasteiger partial charge < -0.3 is 0 Å². The van der Waals surface area contributed by atoms with E-state index in [1.807, 2.05) is 0 Å². The van der Waals surface area contributed by atoms with Crippen LogP contribution < -0.4 is 4.72 Å². The van der Waals surface area contributed by atoms with E-state index in [0.29, 0.717) is 5.92 Å². The van der Waals surface area contributed by atoms with E-state index in [1.165, 1.54) is 18.7 Å². The number of sulfonamides is 1. The molecule has 1 heterocycles. The molecule has 1 saturated carbocycles. The molecule has 0 spiro atoms. The van der Waals surface area contributed by atoms with Crippen molar-refractivity contribution in [3.63, 3.8) is 0 Å². The molecule has 6 heteroatoms. The Kier molecular flexibility index (Phi) is 3.83.